The van der Waals surface area contributed by atoms with E-state index in [9.17, 15) is 4.79 Å². The quantitative estimate of drug-likeness (QED) is 0.544. The molecule has 0 aliphatic rings. The number of nitrogens with zero attached hydrogens (tertiary/aromatic N) is 3. The lowest BCUT2D eigenvalue weighted by atomic mass is 10.2. The van der Waals surface area contributed by atoms with E-state index in [-0.39, 0.29) is 5.56 Å². The molecule has 0 atom stereocenters. The third kappa shape index (κ3) is 3.50. The van der Waals surface area contributed by atoms with Crippen molar-refractivity contribution >= 4 is 22.7 Å². The standard InChI is InChI=1S/C18H20N4O3S/c1-9-10(2)19-18(20-11(9)3)26-8-16-21-13-7-15(25-5)14(24-4)6-12(13)17(23)22-16/h6-7H,8H2,1-5H3,(H,21,22,23). The molecule has 8 heteroatoms. The number of nitrogens with one attached hydrogen (secondary N) is 1. The molecule has 0 unspecified atom stereocenters. The van der Waals surface area contributed by atoms with Crippen molar-refractivity contribution in [3.05, 3.63) is 45.3 Å². The Morgan fingerprint density at radius 2 is 1.62 bits per heavy atom. The van der Waals surface area contributed by atoms with E-state index in [4.69, 9.17) is 9.47 Å². The van der Waals surface area contributed by atoms with Crippen LogP contribution in [0, 0.1) is 20.8 Å². The monoisotopic (exact) mass is 372 g/mol. The molecular formula is C18H20N4O3S. The number of H-pyrrole nitrogens is 1. The maximum atomic E-state index is 12.4. The minimum atomic E-state index is -0.219. The van der Waals surface area contributed by atoms with Crippen LogP contribution in [-0.2, 0) is 5.75 Å². The first-order valence-corrected chi connectivity index (χ1v) is 9.01. The number of aromatic nitrogens is 4. The Bertz CT molecular complexity index is 1010. The highest BCUT2D eigenvalue weighted by atomic mass is 32.2. The van der Waals surface area contributed by atoms with Gasteiger partial charge < -0.3 is 14.5 Å². The van der Waals surface area contributed by atoms with Gasteiger partial charge in [0.05, 0.1) is 30.9 Å². The molecule has 1 N–H and O–H groups in total. The van der Waals surface area contributed by atoms with Crippen LogP contribution in [-0.4, -0.2) is 34.2 Å². The van der Waals surface area contributed by atoms with Gasteiger partial charge in [0.15, 0.2) is 16.7 Å². The van der Waals surface area contributed by atoms with Crippen molar-refractivity contribution in [1.29, 1.82) is 0 Å². The van der Waals surface area contributed by atoms with Crippen LogP contribution in [0.25, 0.3) is 10.9 Å². The Morgan fingerprint density at radius 1 is 1.00 bits per heavy atom. The van der Waals surface area contributed by atoms with E-state index >= 15 is 0 Å². The van der Waals surface area contributed by atoms with E-state index in [0.29, 0.717) is 39.1 Å². The summed E-state index contributed by atoms with van der Waals surface area (Å²) in [5, 5.41) is 1.12. The highest BCUT2D eigenvalue weighted by Crippen LogP contribution is 2.30. The Morgan fingerprint density at radius 3 is 2.23 bits per heavy atom. The number of fused-ring (bicyclic) bond motifs is 1. The molecule has 3 aromatic rings. The third-order valence-electron chi connectivity index (χ3n) is 4.21. The van der Waals surface area contributed by atoms with Crippen LogP contribution in [0.5, 0.6) is 11.5 Å². The summed E-state index contributed by atoms with van der Waals surface area (Å²) in [6, 6.07) is 3.33. The molecule has 1 aromatic carbocycles. The molecular weight excluding hydrogens is 352 g/mol. The van der Waals surface area contributed by atoms with Gasteiger partial charge in [0, 0.05) is 17.5 Å². The largest absolute Gasteiger partial charge is 0.493 e. The van der Waals surface area contributed by atoms with Gasteiger partial charge in [-0.2, -0.15) is 0 Å². The molecule has 0 saturated carbocycles. The van der Waals surface area contributed by atoms with Crippen LogP contribution < -0.4 is 15.0 Å². The lowest BCUT2D eigenvalue weighted by molar-refractivity contribution is 0.355. The zero-order valence-corrected chi connectivity index (χ0v) is 16.2. The van der Waals surface area contributed by atoms with Gasteiger partial charge in [-0.15, -0.1) is 0 Å². The van der Waals surface area contributed by atoms with E-state index < -0.39 is 0 Å². The predicted octanol–water partition coefficient (Wildman–Crippen LogP) is 2.95. The van der Waals surface area contributed by atoms with Crippen LogP contribution in [0.4, 0.5) is 0 Å². The fourth-order valence-corrected chi connectivity index (χ4v) is 3.33. The maximum Gasteiger partial charge on any atom is 0.258 e. The number of thioether (sulfide) groups is 1. The maximum absolute atomic E-state index is 12.4. The van der Waals surface area contributed by atoms with Crippen molar-refractivity contribution in [3.8, 4) is 11.5 Å². The summed E-state index contributed by atoms with van der Waals surface area (Å²) in [5.74, 6) is 2.04. The fraction of sp³-hybridized carbons (Fsp3) is 0.333. The van der Waals surface area contributed by atoms with Crippen molar-refractivity contribution in [2.45, 2.75) is 31.7 Å². The van der Waals surface area contributed by atoms with Gasteiger partial charge in [0.1, 0.15) is 5.82 Å². The molecule has 0 bridgehead atoms. The number of rotatable bonds is 5. The number of methoxy groups -OCH3 is 2. The summed E-state index contributed by atoms with van der Waals surface area (Å²) in [6.45, 7) is 5.93. The first-order chi connectivity index (χ1) is 12.4. The van der Waals surface area contributed by atoms with Crippen LogP contribution in [0.15, 0.2) is 22.1 Å². The molecule has 0 aliphatic carbocycles. The lowest BCUT2D eigenvalue weighted by Gasteiger charge is -2.09. The molecule has 136 valence electrons. The Hall–Kier alpha value is -2.61. The predicted molar refractivity (Wildman–Crippen MR) is 101 cm³/mol. The van der Waals surface area contributed by atoms with Gasteiger partial charge in [-0.05, 0) is 32.4 Å². The Balaban J connectivity index is 1.92. The van der Waals surface area contributed by atoms with Gasteiger partial charge in [-0.3, -0.25) is 4.79 Å². The average molecular weight is 372 g/mol. The molecule has 26 heavy (non-hydrogen) atoms. The molecule has 0 saturated heterocycles. The fourth-order valence-electron chi connectivity index (χ4n) is 2.52. The Kier molecular flexibility index (Phi) is 5.13. The van der Waals surface area contributed by atoms with E-state index in [1.54, 1.807) is 19.2 Å². The smallest absolute Gasteiger partial charge is 0.258 e. The van der Waals surface area contributed by atoms with Crippen LogP contribution in [0.2, 0.25) is 0 Å². The van der Waals surface area contributed by atoms with E-state index in [1.165, 1.54) is 18.9 Å². The van der Waals surface area contributed by atoms with Crippen molar-refractivity contribution < 1.29 is 9.47 Å². The van der Waals surface area contributed by atoms with Crippen LogP contribution in [0.3, 0.4) is 0 Å². The summed E-state index contributed by atoms with van der Waals surface area (Å²) < 4.78 is 10.5. The molecule has 0 aliphatic heterocycles. The molecule has 2 aromatic heterocycles. The van der Waals surface area contributed by atoms with Gasteiger partial charge in [0.2, 0.25) is 0 Å². The summed E-state index contributed by atoms with van der Waals surface area (Å²) in [6.07, 6.45) is 0. The van der Waals surface area contributed by atoms with Gasteiger partial charge in [-0.25, -0.2) is 15.0 Å². The highest BCUT2D eigenvalue weighted by molar-refractivity contribution is 7.98. The molecule has 0 radical (unpaired) electrons. The minimum absolute atomic E-state index is 0.219. The van der Waals surface area contributed by atoms with Crippen molar-refractivity contribution in [1.82, 2.24) is 19.9 Å². The highest BCUT2D eigenvalue weighted by Gasteiger charge is 2.12. The van der Waals surface area contributed by atoms with Gasteiger partial charge >= 0.3 is 0 Å². The number of ether oxygens (including phenoxy) is 2. The Labute approximate surface area is 155 Å². The lowest BCUT2D eigenvalue weighted by Crippen LogP contribution is -2.12. The van der Waals surface area contributed by atoms with E-state index in [0.717, 1.165) is 17.0 Å². The second kappa shape index (κ2) is 7.33. The van der Waals surface area contributed by atoms with Crippen LogP contribution >= 0.6 is 11.8 Å². The third-order valence-corrected chi connectivity index (χ3v) is 5.07. The second-order valence-electron chi connectivity index (χ2n) is 5.83. The molecule has 7 nitrogen and oxygen atoms in total. The molecule has 3 rings (SSSR count). The molecule has 2 heterocycles. The number of aryl methyl sites for hydroxylation is 2. The average Bonchev–Trinajstić information content (AvgIpc) is 2.63. The minimum Gasteiger partial charge on any atom is -0.493 e. The topological polar surface area (TPSA) is 90.0 Å². The molecule has 0 spiro atoms. The number of hydrogen-bond acceptors (Lipinski definition) is 7. The second-order valence-corrected chi connectivity index (χ2v) is 6.77. The summed E-state index contributed by atoms with van der Waals surface area (Å²) in [5.41, 5.74) is 3.34. The first-order valence-electron chi connectivity index (χ1n) is 8.02. The van der Waals surface area contributed by atoms with E-state index in [2.05, 4.69) is 19.9 Å². The van der Waals surface area contributed by atoms with Gasteiger partial charge in [-0.1, -0.05) is 11.8 Å². The number of aromatic amines is 1. The summed E-state index contributed by atoms with van der Waals surface area (Å²) in [7, 11) is 3.08. The van der Waals surface area contributed by atoms with Crippen molar-refractivity contribution in [3.63, 3.8) is 0 Å². The van der Waals surface area contributed by atoms with Crippen molar-refractivity contribution in [2.24, 2.45) is 0 Å². The molecule has 0 fully saturated rings. The van der Waals surface area contributed by atoms with E-state index in [1.807, 2.05) is 20.8 Å². The van der Waals surface area contributed by atoms with Crippen molar-refractivity contribution in [2.75, 3.05) is 14.2 Å². The first kappa shape index (κ1) is 18.2. The molecule has 0 amide bonds. The van der Waals surface area contributed by atoms with Gasteiger partial charge in [0.25, 0.3) is 5.56 Å². The SMILES string of the molecule is COc1cc2nc(CSc3nc(C)c(C)c(C)n3)[nH]c(=O)c2cc1OC. The number of hydrogen-bond donors (Lipinski definition) is 1. The normalized spacial score (nSPS) is 11.0. The summed E-state index contributed by atoms with van der Waals surface area (Å²) >= 11 is 1.43. The number of benzene rings is 1. The van der Waals surface area contributed by atoms with Crippen LogP contribution in [0.1, 0.15) is 22.8 Å². The zero-order chi connectivity index (χ0) is 18.8. The zero-order valence-electron chi connectivity index (χ0n) is 15.3. The summed E-state index contributed by atoms with van der Waals surface area (Å²) in [4.78, 5) is 28.7.